The molecule has 20 heavy (non-hydrogen) atoms. The van der Waals surface area contributed by atoms with Crippen LogP contribution in [0.1, 0.15) is 25.0 Å². The molecule has 1 aromatic heterocycles. The predicted octanol–water partition coefficient (Wildman–Crippen LogP) is -1.16. The quantitative estimate of drug-likeness (QED) is 0.644. The van der Waals surface area contributed by atoms with E-state index in [4.69, 9.17) is 0 Å². The van der Waals surface area contributed by atoms with Crippen molar-refractivity contribution in [2.24, 2.45) is 14.1 Å². The van der Waals surface area contributed by atoms with E-state index in [1.807, 2.05) is 0 Å². The summed E-state index contributed by atoms with van der Waals surface area (Å²) in [6.07, 6.45) is 2.55. The lowest BCUT2D eigenvalue weighted by Crippen LogP contribution is -2.39. The van der Waals surface area contributed by atoms with Crippen molar-refractivity contribution >= 4 is 5.91 Å². The van der Waals surface area contributed by atoms with E-state index in [2.05, 4.69) is 10.6 Å². The molecule has 1 amide bonds. The smallest absolute Gasteiger partial charge is 0.330 e. The van der Waals surface area contributed by atoms with Crippen LogP contribution in [0, 0.1) is 0 Å². The number of rotatable bonds is 6. The van der Waals surface area contributed by atoms with Crippen LogP contribution in [0.5, 0.6) is 0 Å². The van der Waals surface area contributed by atoms with Gasteiger partial charge in [-0.05, 0) is 12.8 Å². The molecule has 0 aliphatic heterocycles. The predicted molar refractivity (Wildman–Crippen MR) is 74.4 cm³/mol. The minimum atomic E-state index is -0.347. The maximum Gasteiger partial charge on any atom is 0.330 e. The molecule has 0 bridgehead atoms. The minimum absolute atomic E-state index is 0.0397. The summed E-state index contributed by atoms with van der Waals surface area (Å²) in [5.41, 5.74) is -0.0575. The third kappa shape index (κ3) is 3.57. The first kappa shape index (κ1) is 14.5. The fraction of sp³-hybridized carbons (Fsp3) is 0.615. The highest BCUT2D eigenvalue weighted by Crippen LogP contribution is 2.18. The third-order valence-electron chi connectivity index (χ3n) is 3.40. The van der Waals surface area contributed by atoms with E-state index < -0.39 is 0 Å². The van der Waals surface area contributed by atoms with Crippen molar-refractivity contribution in [2.45, 2.75) is 31.8 Å². The van der Waals surface area contributed by atoms with E-state index in [9.17, 15) is 14.4 Å². The molecule has 1 aromatic rings. The summed E-state index contributed by atoms with van der Waals surface area (Å²) in [6, 6.07) is 1.80. The maximum absolute atomic E-state index is 11.7. The average Bonchev–Trinajstić information content (AvgIpc) is 3.21. The van der Waals surface area contributed by atoms with Gasteiger partial charge in [0.15, 0.2) is 0 Å². The molecule has 1 fully saturated rings. The van der Waals surface area contributed by atoms with Gasteiger partial charge in [-0.3, -0.25) is 18.7 Å². The van der Waals surface area contributed by atoms with Gasteiger partial charge in [0.05, 0.1) is 0 Å². The summed E-state index contributed by atoms with van der Waals surface area (Å²) < 4.78 is 2.49. The topological polar surface area (TPSA) is 85.1 Å². The van der Waals surface area contributed by atoms with Gasteiger partial charge in [-0.2, -0.15) is 0 Å². The van der Waals surface area contributed by atoms with Crippen molar-refractivity contribution in [2.75, 3.05) is 6.54 Å². The van der Waals surface area contributed by atoms with Crippen LogP contribution in [0.4, 0.5) is 0 Å². The second-order valence-corrected chi connectivity index (χ2v) is 5.14. The standard InChI is InChI=1S/C13H20N4O3/c1-16-10(7-12(19)17(2)13(16)20)8-14-6-5-11(18)15-9-3-4-9/h7,9,14H,3-6,8H2,1-2H3,(H,15,18). The lowest BCUT2D eigenvalue weighted by Gasteiger charge is -2.10. The first-order valence-electron chi connectivity index (χ1n) is 6.75. The fourth-order valence-electron chi connectivity index (χ4n) is 1.89. The highest BCUT2D eigenvalue weighted by atomic mass is 16.2. The van der Waals surface area contributed by atoms with E-state index in [0.717, 1.165) is 17.4 Å². The first-order valence-corrected chi connectivity index (χ1v) is 6.75. The molecule has 0 saturated heterocycles. The number of carbonyl (C=O) groups is 1. The highest BCUT2D eigenvalue weighted by Gasteiger charge is 2.22. The Labute approximate surface area is 116 Å². The summed E-state index contributed by atoms with van der Waals surface area (Å²) >= 11 is 0. The minimum Gasteiger partial charge on any atom is -0.353 e. The summed E-state index contributed by atoms with van der Waals surface area (Å²) in [5.74, 6) is 0.0397. The SMILES string of the molecule is Cn1c(CNCCC(=O)NC2CC2)cc(=O)n(C)c1=O. The van der Waals surface area contributed by atoms with Crippen molar-refractivity contribution in [1.82, 2.24) is 19.8 Å². The largest absolute Gasteiger partial charge is 0.353 e. The summed E-state index contributed by atoms with van der Waals surface area (Å²) in [7, 11) is 3.07. The van der Waals surface area contributed by atoms with Gasteiger partial charge < -0.3 is 10.6 Å². The van der Waals surface area contributed by atoms with E-state index in [0.29, 0.717) is 31.2 Å². The van der Waals surface area contributed by atoms with Gasteiger partial charge in [-0.1, -0.05) is 0 Å². The second kappa shape index (κ2) is 6.04. The number of nitrogens with zero attached hydrogens (tertiary/aromatic N) is 2. The molecule has 0 atom stereocenters. The molecule has 1 aliphatic carbocycles. The van der Waals surface area contributed by atoms with Crippen LogP contribution < -0.4 is 21.9 Å². The Kier molecular flexibility index (Phi) is 4.39. The van der Waals surface area contributed by atoms with Crippen LogP contribution in [0.15, 0.2) is 15.7 Å². The Balaban J connectivity index is 1.83. The van der Waals surface area contributed by atoms with Crippen molar-refractivity contribution in [3.05, 3.63) is 32.6 Å². The zero-order valence-corrected chi connectivity index (χ0v) is 11.8. The molecular formula is C13H20N4O3. The first-order chi connectivity index (χ1) is 9.49. The molecule has 0 radical (unpaired) electrons. The molecular weight excluding hydrogens is 260 g/mol. The molecule has 0 spiro atoms. The van der Waals surface area contributed by atoms with E-state index in [1.165, 1.54) is 17.7 Å². The van der Waals surface area contributed by atoms with Gasteiger partial charge in [-0.25, -0.2) is 4.79 Å². The van der Waals surface area contributed by atoms with Crippen molar-refractivity contribution < 1.29 is 4.79 Å². The highest BCUT2D eigenvalue weighted by molar-refractivity contribution is 5.76. The molecule has 2 N–H and O–H groups in total. The van der Waals surface area contributed by atoms with Crippen LogP contribution >= 0.6 is 0 Å². The lowest BCUT2D eigenvalue weighted by atomic mass is 10.3. The van der Waals surface area contributed by atoms with Crippen LogP contribution in [0.3, 0.4) is 0 Å². The molecule has 1 heterocycles. The van der Waals surface area contributed by atoms with Crippen molar-refractivity contribution in [3.8, 4) is 0 Å². The van der Waals surface area contributed by atoms with E-state index in [-0.39, 0.29) is 17.2 Å². The van der Waals surface area contributed by atoms with Gasteiger partial charge in [0.1, 0.15) is 0 Å². The number of aromatic nitrogens is 2. The molecule has 110 valence electrons. The van der Waals surface area contributed by atoms with Gasteiger partial charge in [0, 0.05) is 51.4 Å². The maximum atomic E-state index is 11.7. The van der Waals surface area contributed by atoms with Crippen LogP contribution in [0.2, 0.25) is 0 Å². The summed E-state index contributed by atoms with van der Waals surface area (Å²) in [6.45, 7) is 0.903. The zero-order valence-electron chi connectivity index (χ0n) is 11.8. The molecule has 0 unspecified atom stereocenters. The monoisotopic (exact) mass is 280 g/mol. The van der Waals surface area contributed by atoms with Gasteiger partial charge in [-0.15, -0.1) is 0 Å². The number of amides is 1. The molecule has 0 aromatic carbocycles. The van der Waals surface area contributed by atoms with Crippen LogP contribution in [-0.4, -0.2) is 27.6 Å². The van der Waals surface area contributed by atoms with Gasteiger partial charge in [0.25, 0.3) is 5.56 Å². The van der Waals surface area contributed by atoms with E-state index in [1.54, 1.807) is 7.05 Å². The average molecular weight is 280 g/mol. The third-order valence-corrected chi connectivity index (χ3v) is 3.40. The molecule has 7 heteroatoms. The Bertz CT molecular complexity index is 613. The Hall–Kier alpha value is -1.89. The zero-order chi connectivity index (χ0) is 14.7. The molecule has 7 nitrogen and oxygen atoms in total. The number of nitrogens with one attached hydrogen (secondary N) is 2. The Morgan fingerprint density at radius 1 is 1.30 bits per heavy atom. The molecule has 2 rings (SSSR count). The normalized spacial score (nSPS) is 14.3. The number of hydrogen-bond acceptors (Lipinski definition) is 4. The van der Waals surface area contributed by atoms with Gasteiger partial charge in [0.2, 0.25) is 5.91 Å². The van der Waals surface area contributed by atoms with Crippen LogP contribution in [-0.2, 0) is 25.4 Å². The molecule has 1 saturated carbocycles. The number of hydrogen-bond donors (Lipinski definition) is 2. The number of carbonyl (C=O) groups excluding carboxylic acids is 1. The van der Waals surface area contributed by atoms with Crippen molar-refractivity contribution in [1.29, 1.82) is 0 Å². The van der Waals surface area contributed by atoms with Gasteiger partial charge >= 0.3 is 5.69 Å². The van der Waals surface area contributed by atoms with E-state index >= 15 is 0 Å². The lowest BCUT2D eigenvalue weighted by molar-refractivity contribution is -0.121. The Morgan fingerprint density at radius 3 is 2.65 bits per heavy atom. The summed E-state index contributed by atoms with van der Waals surface area (Å²) in [4.78, 5) is 34.7. The second-order valence-electron chi connectivity index (χ2n) is 5.14. The fourth-order valence-corrected chi connectivity index (χ4v) is 1.89. The molecule has 1 aliphatic rings. The Morgan fingerprint density at radius 2 is 2.00 bits per heavy atom. The summed E-state index contributed by atoms with van der Waals surface area (Å²) in [5, 5.41) is 5.97. The van der Waals surface area contributed by atoms with Crippen molar-refractivity contribution in [3.63, 3.8) is 0 Å². The van der Waals surface area contributed by atoms with Crippen LogP contribution in [0.25, 0.3) is 0 Å².